The van der Waals surface area contributed by atoms with E-state index in [1.165, 1.54) is 28.6 Å². The minimum Gasteiger partial charge on any atom is -0.362 e. The van der Waals surface area contributed by atoms with Crippen LogP contribution in [0.3, 0.4) is 0 Å². The van der Waals surface area contributed by atoms with Crippen LogP contribution in [0.15, 0.2) is 29.2 Å². The van der Waals surface area contributed by atoms with Gasteiger partial charge in [0, 0.05) is 26.0 Å². The minimum atomic E-state index is -3.66. The van der Waals surface area contributed by atoms with Crippen molar-refractivity contribution in [1.82, 2.24) is 4.31 Å². The molecule has 2 amide bonds. The first-order valence-electron chi connectivity index (χ1n) is 7.50. The number of anilines is 1. The highest BCUT2D eigenvalue weighted by Gasteiger charge is 2.33. The second kappa shape index (κ2) is 6.03. The first-order chi connectivity index (χ1) is 10.9. The van der Waals surface area contributed by atoms with Crippen molar-refractivity contribution in [2.24, 2.45) is 0 Å². The lowest BCUT2D eigenvalue weighted by Gasteiger charge is -2.32. The summed E-state index contributed by atoms with van der Waals surface area (Å²) in [6.07, 6.45) is 0.539. The van der Waals surface area contributed by atoms with Crippen LogP contribution in [0, 0.1) is 0 Å². The summed E-state index contributed by atoms with van der Waals surface area (Å²) in [4.78, 5) is 24.7. The van der Waals surface area contributed by atoms with Crippen molar-refractivity contribution < 1.29 is 22.7 Å². The zero-order chi connectivity index (χ0) is 16.6. The smallest absolute Gasteiger partial charge is 0.245 e. The van der Waals surface area contributed by atoms with E-state index >= 15 is 0 Å². The van der Waals surface area contributed by atoms with Crippen LogP contribution >= 0.6 is 0 Å². The molecule has 0 radical (unpaired) electrons. The number of rotatable bonds is 3. The minimum absolute atomic E-state index is 0.123. The van der Waals surface area contributed by atoms with Crippen LogP contribution in [0.2, 0.25) is 0 Å². The highest BCUT2D eigenvalue weighted by Crippen LogP contribution is 2.26. The van der Waals surface area contributed by atoms with Gasteiger partial charge in [-0.25, -0.2) is 8.42 Å². The van der Waals surface area contributed by atoms with E-state index in [0.29, 0.717) is 25.3 Å². The standard InChI is InChI=1S/C15H18N2O5S/c1-11-16(9-2-10-22-11)23(20,21)13-5-3-12(4-6-13)17-14(18)7-8-15(17)19/h3-6,11H,2,7-10H2,1H3. The van der Waals surface area contributed by atoms with E-state index in [4.69, 9.17) is 4.74 Å². The number of carbonyl (C=O) groups excluding carboxylic acids is 2. The van der Waals surface area contributed by atoms with Gasteiger partial charge < -0.3 is 4.74 Å². The highest BCUT2D eigenvalue weighted by molar-refractivity contribution is 7.89. The summed E-state index contributed by atoms with van der Waals surface area (Å²) >= 11 is 0. The second-order valence-corrected chi connectivity index (χ2v) is 7.45. The van der Waals surface area contributed by atoms with Crippen molar-refractivity contribution in [3.05, 3.63) is 24.3 Å². The molecule has 2 aliphatic rings. The maximum Gasteiger partial charge on any atom is 0.245 e. The number of ether oxygens (including phenoxy) is 1. The summed E-state index contributed by atoms with van der Waals surface area (Å²) in [7, 11) is -3.66. The van der Waals surface area contributed by atoms with Crippen LogP contribution in [-0.4, -0.2) is 43.9 Å². The number of hydrogen-bond acceptors (Lipinski definition) is 5. The molecule has 1 aromatic rings. The van der Waals surface area contributed by atoms with Crippen LogP contribution in [0.5, 0.6) is 0 Å². The Morgan fingerprint density at radius 1 is 1.09 bits per heavy atom. The maximum absolute atomic E-state index is 12.7. The molecule has 2 fully saturated rings. The van der Waals surface area contributed by atoms with E-state index in [-0.39, 0.29) is 29.6 Å². The third-order valence-electron chi connectivity index (χ3n) is 4.04. The Morgan fingerprint density at radius 3 is 2.26 bits per heavy atom. The van der Waals surface area contributed by atoms with E-state index in [9.17, 15) is 18.0 Å². The molecule has 8 heteroatoms. The maximum atomic E-state index is 12.7. The van der Waals surface area contributed by atoms with Crippen molar-refractivity contribution in [2.45, 2.75) is 37.3 Å². The van der Waals surface area contributed by atoms with Crippen molar-refractivity contribution in [1.29, 1.82) is 0 Å². The summed E-state index contributed by atoms with van der Waals surface area (Å²) in [5, 5.41) is 0. The van der Waals surface area contributed by atoms with Gasteiger partial charge in [0.05, 0.1) is 10.6 Å². The van der Waals surface area contributed by atoms with Gasteiger partial charge in [0.25, 0.3) is 0 Å². The summed E-state index contributed by atoms with van der Waals surface area (Å²) in [5.41, 5.74) is 0.402. The second-order valence-electron chi connectivity index (χ2n) is 5.56. The molecule has 1 aromatic carbocycles. The normalized spacial score (nSPS) is 23.5. The number of hydrogen-bond donors (Lipinski definition) is 0. The van der Waals surface area contributed by atoms with Crippen molar-refractivity contribution >= 4 is 27.5 Å². The van der Waals surface area contributed by atoms with Gasteiger partial charge in [0.1, 0.15) is 6.23 Å². The number of benzene rings is 1. The molecule has 0 aromatic heterocycles. The average molecular weight is 338 g/mol. The van der Waals surface area contributed by atoms with Gasteiger partial charge in [-0.2, -0.15) is 4.31 Å². The molecule has 2 aliphatic heterocycles. The fraction of sp³-hybridized carbons (Fsp3) is 0.467. The predicted molar refractivity (Wildman–Crippen MR) is 82.1 cm³/mol. The monoisotopic (exact) mass is 338 g/mol. The van der Waals surface area contributed by atoms with Gasteiger partial charge in [-0.05, 0) is 37.6 Å². The molecule has 0 saturated carbocycles. The number of sulfonamides is 1. The van der Waals surface area contributed by atoms with Crippen LogP contribution in [0.1, 0.15) is 26.2 Å². The Balaban J connectivity index is 1.87. The zero-order valence-corrected chi connectivity index (χ0v) is 13.6. The molecule has 0 bridgehead atoms. The van der Waals surface area contributed by atoms with Crippen molar-refractivity contribution in [3.8, 4) is 0 Å². The Labute approximate surface area is 134 Å². The molecule has 2 heterocycles. The predicted octanol–water partition coefficient (Wildman–Crippen LogP) is 1.10. The fourth-order valence-corrected chi connectivity index (χ4v) is 4.39. The fourth-order valence-electron chi connectivity index (χ4n) is 2.82. The molecule has 1 atom stereocenters. The molecule has 7 nitrogen and oxygen atoms in total. The van der Waals surface area contributed by atoms with E-state index < -0.39 is 16.3 Å². The molecule has 3 rings (SSSR count). The summed E-state index contributed by atoms with van der Waals surface area (Å²) < 4.78 is 32.0. The molecular formula is C15H18N2O5S. The summed E-state index contributed by atoms with van der Waals surface area (Å²) in [6, 6.07) is 5.82. The molecule has 124 valence electrons. The van der Waals surface area contributed by atoms with E-state index in [2.05, 4.69) is 0 Å². The van der Waals surface area contributed by atoms with Crippen molar-refractivity contribution in [2.75, 3.05) is 18.1 Å². The lowest BCUT2D eigenvalue weighted by atomic mass is 10.3. The molecule has 23 heavy (non-hydrogen) atoms. The van der Waals surface area contributed by atoms with Gasteiger partial charge in [0.2, 0.25) is 21.8 Å². The van der Waals surface area contributed by atoms with Crippen LogP contribution in [-0.2, 0) is 24.3 Å². The summed E-state index contributed by atoms with van der Waals surface area (Å²) in [6.45, 7) is 2.66. The Bertz CT molecular complexity index is 713. The van der Waals surface area contributed by atoms with Crippen LogP contribution in [0.25, 0.3) is 0 Å². The topological polar surface area (TPSA) is 84.0 Å². The largest absolute Gasteiger partial charge is 0.362 e. The van der Waals surface area contributed by atoms with Crippen molar-refractivity contribution in [3.63, 3.8) is 0 Å². The van der Waals surface area contributed by atoms with Crippen LogP contribution < -0.4 is 4.90 Å². The molecule has 2 saturated heterocycles. The third-order valence-corrected chi connectivity index (χ3v) is 6.01. The molecule has 1 unspecified atom stereocenters. The Morgan fingerprint density at radius 2 is 1.70 bits per heavy atom. The average Bonchev–Trinajstić information content (AvgIpc) is 2.86. The zero-order valence-electron chi connectivity index (χ0n) is 12.8. The van der Waals surface area contributed by atoms with Gasteiger partial charge in [0.15, 0.2) is 0 Å². The first-order valence-corrected chi connectivity index (χ1v) is 8.94. The van der Waals surface area contributed by atoms with E-state index in [0.717, 1.165) is 4.90 Å². The van der Waals surface area contributed by atoms with Crippen LogP contribution in [0.4, 0.5) is 5.69 Å². The van der Waals surface area contributed by atoms with Gasteiger partial charge in [-0.3, -0.25) is 14.5 Å². The Hall–Kier alpha value is -1.77. The number of nitrogens with zero attached hydrogens (tertiary/aromatic N) is 2. The highest BCUT2D eigenvalue weighted by atomic mass is 32.2. The molecule has 0 aliphatic carbocycles. The lowest BCUT2D eigenvalue weighted by Crippen LogP contribution is -2.44. The van der Waals surface area contributed by atoms with Gasteiger partial charge in [-0.15, -0.1) is 0 Å². The van der Waals surface area contributed by atoms with E-state index in [1.807, 2.05) is 0 Å². The number of amides is 2. The van der Waals surface area contributed by atoms with Gasteiger partial charge in [-0.1, -0.05) is 0 Å². The number of imide groups is 1. The number of carbonyl (C=O) groups is 2. The van der Waals surface area contributed by atoms with E-state index in [1.54, 1.807) is 6.92 Å². The summed E-state index contributed by atoms with van der Waals surface area (Å²) in [5.74, 6) is -0.521. The first kappa shape index (κ1) is 16.1. The molecule has 0 spiro atoms. The van der Waals surface area contributed by atoms with Gasteiger partial charge >= 0.3 is 0 Å². The quantitative estimate of drug-likeness (QED) is 0.771. The third kappa shape index (κ3) is 2.89. The molecular weight excluding hydrogens is 320 g/mol. The SMILES string of the molecule is CC1OCCCN1S(=O)(=O)c1ccc(N2C(=O)CCC2=O)cc1. The Kier molecular flexibility index (Phi) is 4.22. The molecule has 0 N–H and O–H groups in total. The lowest BCUT2D eigenvalue weighted by molar-refractivity contribution is -0.121.